The predicted molar refractivity (Wildman–Crippen MR) is 89.7 cm³/mol. The number of β-amino-alcohol motifs (C(OH)–C–C–N with tert-alkyl or cyclic N) is 1. The number of likely N-dealkylation sites (N-methyl/N-ethyl adjacent to an activating group) is 1. The molecule has 2 N–H and O–H groups in total. The zero-order chi connectivity index (χ0) is 17.7. The molecule has 2 rings (SSSR count). The van der Waals surface area contributed by atoms with Gasteiger partial charge in [0.05, 0.1) is 12.2 Å². The Bertz CT molecular complexity index is 520. The van der Waals surface area contributed by atoms with Crippen molar-refractivity contribution in [3.63, 3.8) is 0 Å². The van der Waals surface area contributed by atoms with E-state index >= 15 is 0 Å². The van der Waals surface area contributed by atoms with Gasteiger partial charge in [-0.3, -0.25) is 0 Å². The van der Waals surface area contributed by atoms with Crippen LogP contribution >= 0.6 is 0 Å². The van der Waals surface area contributed by atoms with Crippen LogP contribution in [-0.2, 0) is 0 Å². The number of likely N-dealkylation sites (tertiary alicyclic amines) is 1. The second kappa shape index (κ2) is 8.85. The summed E-state index contributed by atoms with van der Waals surface area (Å²) < 4.78 is 26.2. The van der Waals surface area contributed by atoms with Crippen LogP contribution in [0, 0.1) is 17.6 Å². The molecule has 1 aromatic carbocycles. The lowest BCUT2D eigenvalue weighted by molar-refractivity contribution is 0.0805. The van der Waals surface area contributed by atoms with E-state index < -0.39 is 17.7 Å². The molecule has 1 aliphatic rings. The number of hydrogen-bond donors (Lipinski definition) is 2. The van der Waals surface area contributed by atoms with Crippen LogP contribution < -0.4 is 0 Å². The van der Waals surface area contributed by atoms with Gasteiger partial charge in [0.2, 0.25) is 0 Å². The molecule has 24 heavy (non-hydrogen) atoms. The maximum atomic E-state index is 13.3. The molecule has 1 aromatic rings. The molecule has 1 aliphatic heterocycles. The van der Waals surface area contributed by atoms with Crippen molar-refractivity contribution in [1.29, 1.82) is 0 Å². The van der Waals surface area contributed by atoms with Crippen LogP contribution in [0.1, 0.15) is 31.4 Å². The lowest BCUT2D eigenvalue weighted by Gasteiger charge is -2.34. The minimum absolute atomic E-state index is 0.296. The highest BCUT2D eigenvalue weighted by atomic mass is 19.2. The molecule has 0 unspecified atom stereocenters. The van der Waals surface area contributed by atoms with Gasteiger partial charge in [0.1, 0.15) is 0 Å². The van der Waals surface area contributed by atoms with E-state index in [0.717, 1.165) is 51.2 Å². The van der Waals surface area contributed by atoms with E-state index in [4.69, 9.17) is 0 Å². The van der Waals surface area contributed by atoms with Crippen LogP contribution in [-0.4, -0.2) is 65.9 Å². The van der Waals surface area contributed by atoms with E-state index in [1.807, 2.05) is 11.9 Å². The second-order valence-corrected chi connectivity index (χ2v) is 7.00. The maximum absolute atomic E-state index is 13.3. The number of aliphatic hydroxyl groups excluding tert-OH is 2. The van der Waals surface area contributed by atoms with Crippen LogP contribution in [0.3, 0.4) is 0 Å². The molecule has 4 nitrogen and oxygen atoms in total. The monoisotopic (exact) mass is 342 g/mol. The molecule has 0 saturated carbocycles. The van der Waals surface area contributed by atoms with Crippen molar-refractivity contribution in [3.8, 4) is 0 Å². The van der Waals surface area contributed by atoms with Gasteiger partial charge in [-0.15, -0.1) is 0 Å². The Balaban J connectivity index is 1.77. The highest BCUT2D eigenvalue weighted by Gasteiger charge is 2.22. The van der Waals surface area contributed by atoms with Crippen molar-refractivity contribution in [1.82, 2.24) is 9.80 Å². The molecule has 0 bridgehead atoms. The zero-order valence-corrected chi connectivity index (χ0v) is 14.5. The summed E-state index contributed by atoms with van der Waals surface area (Å²) in [6, 6.07) is 3.53. The predicted octanol–water partition coefficient (Wildman–Crippen LogP) is 2.02. The summed E-state index contributed by atoms with van der Waals surface area (Å²) in [7, 11) is 1.94. The Morgan fingerprint density at radius 2 is 1.88 bits per heavy atom. The van der Waals surface area contributed by atoms with Crippen LogP contribution in [0.2, 0.25) is 0 Å². The van der Waals surface area contributed by atoms with Crippen molar-refractivity contribution < 1.29 is 19.0 Å². The molecule has 0 spiro atoms. The Labute approximate surface area is 142 Å². The molecular weight excluding hydrogens is 314 g/mol. The molecule has 1 heterocycles. The van der Waals surface area contributed by atoms with Gasteiger partial charge < -0.3 is 20.0 Å². The lowest BCUT2D eigenvalue weighted by Crippen LogP contribution is -2.41. The first kappa shape index (κ1) is 19.2. The normalized spacial score (nSPS) is 19.6. The van der Waals surface area contributed by atoms with E-state index in [1.165, 1.54) is 6.07 Å². The molecule has 0 aromatic heterocycles. The molecule has 0 amide bonds. The van der Waals surface area contributed by atoms with Crippen LogP contribution in [0.5, 0.6) is 0 Å². The first-order chi connectivity index (χ1) is 11.3. The van der Waals surface area contributed by atoms with Crippen molar-refractivity contribution in [3.05, 3.63) is 35.4 Å². The molecule has 6 heteroatoms. The largest absolute Gasteiger partial charge is 0.392 e. The number of piperidine rings is 1. The number of benzene rings is 1. The van der Waals surface area contributed by atoms with E-state index in [1.54, 1.807) is 6.92 Å². The minimum Gasteiger partial charge on any atom is -0.392 e. The molecular formula is C18H28F2N2O2. The summed E-state index contributed by atoms with van der Waals surface area (Å²) in [4.78, 5) is 4.32. The Hall–Kier alpha value is -1.08. The van der Waals surface area contributed by atoms with Crippen LogP contribution in [0.25, 0.3) is 0 Å². The maximum Gasteiger partial charge on any atom is 0.159 e. The summed E-state index contributed by atoms with van der Waals surface area (Å²) in [5, 5.41) is 19.6. The molecule has 136 valence electrons. The fraction of sp³-hybridized carbons (Fsp3) is 0.667. The fourth-order valence-corrected chi connectivity index (χ4v) is 3.36. The van der Waals surface area contributed by atoms with E-state index in [9.17, 15) is 19.0 Å². The third-order valence-electron chi connectivity index (χ3n) is 4.61. The molecule has 2 atom stereocenters. The second-order valence-electron chi connectivity index (χ2n) is 7.00. The standard InChI is InChI=1S/C18H28F2N2O2/c1-13(23)10-22-7-5-14(6-8-22)11-21(2)12-18(24)15-3-4-16(19)17(20)9-15/h3-4,9,13-14,18,23-24H,5-8,10-12H2,1-2H3/t13-,18-/m1/s1. The van der Waals surface area contributed by atoms with Crippen molar-refractivity contribution in [2.45, 2.75) is 32.0 Å². The Morgan fingerprint density at radius 1 is 1.21 bits per heavy atom. The first-order valence-electron chi connectivity index (χ1n) is 8.57. The van der Waals surface area contributed by atoms with Gasteiger partial charge >= 0.3 is 0 Å². The van der Waals surface area contributed by atoms with E-state index in [2.05, 4.69) is 4.90 Å². The smallest absolute Gasteiger partial charge is 0.159 e. The average molecular weight is 342 g/mol. The third-order valence-corrected chi connectivity index (χ3v) is 4.61. The SMILES string of the molecule is C[C@@H](O)CN1CCC(CN(C)C[C@@H](O)c2ccc(F)c(F)c2)CC1. The summed E-state index contributed by atoms with van der Waals surface area (Å²) in [6.45, 7) is 5.74. The Kier molecular flexibility index (Phi) is 7.10. The number of aliphatic hydroxyl groups is 2. The molecule has 1 saturated heterocycles. The molecule has 1 fully saturated rings. The highest BCUT2D eigenvalue weighted by Crippen LogP contribution is 2.21. The fourth-order valence-electron chi connectivity index (χ4n) is 3.36. The summed E-state index contributed by atoms with van der Waals surface area (Å²) in [5.74, 6) is -1.28. The van der Waals surface area contributed by atoms with E-state index in [-0.39, 0.29) is 6.10 Å². The van der Waals surface area contributed by atoms with Crippen molar-refractivity contribution >= 4 is 0 Å². The van der Waals surface area contributed by atoms with Crippen LogP contribution in [0.15, 0.2) is 18.2 Å². The summed E-state index contributed by atoms with van der Waals surface area (Å²) in [5.41, 5.74) is 0.396. The summed E-state index contributed by atoms with van der Waals surface area (Å²) >= 11 is 0. The molecule has 0 radical (unpaired) electrons. The average Bonchev–Trinajstić information content (AvgIpc) is 2.51. The van der Waals surface area contributed by atoms with E-state index in [0.29, 0.717) is 18.0 Å². The Morgan fingerprint density at radius 3 is 2.46 bits per heavy atom. The first-order valence-corrected chi connectivity index (χ1v) is 8.57. The van der Waals surface area contributed by atoms with Gasteiger partial charge in [-0.25, -0.2) is 8.78 Å². The lowest BCUT2D eigenvalue weighted by atomic mass is 9.96. The highest BCUT2D eigenvalue weighted by molar-refractivity contribution is 5.20. The minimum atomic E-state index is -0.931. The van der Waals surface area contributed by atoms with Gasteiger partial charge in [-0.1, -0.05) is 6.07 Å². The topological polar surface area (TPSA) is 46.9 Å². The molecule has 0 aliphatic carbocycles. The van der Waals surface area contributed by atoms with Crippen molar-refractivity contribution in [2.24, 2.45) is 5.92 Å². The number of nitrogens with zero attached hydrogens (tertiary/aromatic N) is 2. The number of rotatable bonds is 7. The van der Waals surface area contributed by atoms with Gasteiger partial charge in [0, 0.05) is 19.6 Å². The van der Waals surface area contributed by atoms with Gasteiger partial charge in [0.25, 0.3) is 0 Å². The number of hydrogen-bond acceptors (Lipinski definition) is 4. The van der Waals surface area contributed by atoms with Gasteiger partial charge in [-0.05, 0) is 63.5 Å². The summed E-state index contributed by atoms with van der Waals surface area (Å²) in [6.07, 6.45) is 1.01. The third kappa shape index (κ3) is 5.77. The zero-order valence-electron chi connectivity index (χ0n) is 14.5. The van der Waals surface area contributed by atoms with Gasteiger partial charge in [0.15, 0.2) is 11.6 Å². The van der Waals surface area contributed by atoms with Crippen molar-refractivity contribution in [2.75, 3.05) is 39.8 Å². The quantitative estimate of drug-likeness (QED) is 0.796. The van der Waals surface area contributed by atoms with Crippen LogP contribution in [0.4, 0.5) is 8.78 Å². The number of halogens is 2. The van der Waals surface area contributed by atoms with Gasteiger partial charge in [-0.2, -0.15) is 0 Å².